The van der Waals surface area contributed by atoms with Gasteiger partial charge in [-0.15, -0.1) is 0 Å². The van der Waals surface area contributed by atoms with Gasteiger partial charge in [0.15, 0.2) is 11.5 Å². The summed E-state index contributed by atoms with van der Waals surface area (Å²) in [6, 6.07) is 6.28. The van der Waals surface area contributed by atoms with E-state index in [1.54, 1.807) is 26.0 Å². The number of aromatic nitrogens is 2. The highest BCUT2D eigenvalue weighted by molar-refractivity contribution is 5.50. The summed E-state index contributed by atoms with van der Waals surface area (Å²) in [6.45, 7) is 3.77. The van der Waals surface area contributed by atoms with Gasteiger partial charge in [0.1, 0.15) is 5.69 Å². The molecule has 0 atom stereocenters. The van der Waals surface area contributed by atoms with Gasteiger partial charge in [0.2, 0.25) is 0 Å². The average Bonchev–Trinajstić information content (AvgIpc) is 2.68. The Kier molecular flexibility index (Phi) is 3.37. The van der Waals surface area contributed by atoms with Gasteiger partial charge in [-0.05, 0) is 26.0 Å². The van der Waals surface area contributed by atoms with Gasteiger partial charge in [0, 0.05) is 6.54 Å². The number of benzene rings is 1. The molecular formula is C12H13N3O4. The van der Waals surface area contributed by atoms with Gasteiger partial charge in [-0.3, -0.25) is 10.1 Å². The lowest BCUT2D eigenvalue weighted by Crippen LogP contribution is -2.01. The molecule has 1 N–H and O–H groups in total. The predicted octanol–water partition coefficient (Wildman–Crippen LogP) is 2.62. The van der Waals surface area contributed by atoms with Crippen LogP contribution in [0.1, 0.15) is 12.6 Å². The zero-order valence-corrected chi connectivity index (χ0v) is 10.5. The lowest BCUT2D eigenvalue weighted by Gasteiger charge is -2.07. The van der Waals surface area contributed by atoms with Crippen LogP contribution in [0.2, 0.25) is 0 Å². The van der Waals surface area contributed by atoms with Gasteiger partial charge >= 0.3 is 5.69 Å². The lowest BCUT2D eigenvalue weighted by molar-refractivity contribution is -0.386. The standard InChI is InChI=1S/C12H13N3O4/c1-3-14-12(11(15(17)18)8(2)13-14)19-10-7-5-4-6-9(10)16/h4-7,16H,3H2,1-2H3. The number of para-hydroxylation sites is 2. The second kappa shape index (κ2) is 4.97. The summed E-state index contributed by atoms with van der Waals surface area (Å²) in [4.78, 5) is 10.5. The minimum atomic E-state index is -0.538. The summed E-state index contributed by atoms with van der Waals surface area (Å²) in [5, 5.41) is 24.7. The third-order valence-corrected chi connectivity index (χ3v) is 2.60. The number of phenols is 1. The second-order valence-corrected chi connectivity index (χ2v) is 3.88. The highest BCUT2D eigenvalue weighted by atomic mass is 16.6. The Balaban J connectivity index is 2.50. The van der Waals surface area contributed by atoms with E-state index < -0.39 is 4.92 Å². The van der Waals surface area contributed by atoms with Crippen molar-refractivity contribution in [3.05, 3.63) is 40.1 Å². The molecule has 1 aromatic carbocycles. The van der Waals surface area contributed by atoms with Crippen LogP contribution in [0.15, 0.2) is 24.3 Å². The number of rotatable bonds is 4. The first-order valence-corrected chi connectivity index (χ1v) is 5.72. The van der Waals surface area contributed by atoms with E-state index in [0.717, 1.165) is 0 Å². The van der Waals surface area contributed by atoms with Crippen LogP contribution in [0.25, 0.3) is 0 Å². The minimum Gasteiger partial charge on any atom is -0.504 e. The number of hydrogen-bond acceptors (Lipinski definition) is 5. The van der Waals surface area contributed by atoms with E-state index in [0.29, 0.717) is 6.54 Å². The molecule has 0 fully saturated rings. The van der Waals surface area contributed by atoms with E-state index >= 15 is 0 Å². The molecular weight excluding hydrogens is 250 g/mol. The second-order valence-electron chi connectivity index (χ2n) is 3.88. The molecule has 0 aliphatic rings. The highest BCUT2D eigenvalue weighted by Gasteiger charge is 2.27. The molecule has 0 aliphatic carbocycles. The fourth-order valence-corrected chi connectivity index (χ4v) is 1.72. The molecule has 0 radical (unpaired) electrons. The zero-order valence-electron chi connectivity index (χ0n) is 10.5. The molecule has 2 rings (SSSR count). The van der Waals surface area contributed by atoms with Crippen LogP contribution in [-0.2, 0) is 6.54 Å². The number of aromatic hydroxyl groups is 1. The molecule has 0 amide bonds. The monoisotopic (exact) mass is 263 g/mol. The van der Waals surface area contributed by atoms with Crippen molar-refractivity contribution in [1.82, 2.24) is 9.78 Å². The maximum atomic E-state index is 11.1. The normalized spacial score (nSPS) is 10.4. The van der Waals surface area contributed by atoms with Crippen molar-refractivity contribution in [3.8, 4) is 17.4 Å². The molecule has 0 saturated heterocycles. The van der Waals surface area contributed by atoms with Crippen molar-refractivity contribution in [2.45, 2.75) is 20.4 Å². The van der Waals surface area contributed by atoms with Crippen molar-refractivity contribution >= 4 is 5.69 Å². The lowest BCUT2D eigenvalue weighted by atomic mass is 10.3. The molecule has 7 heteroatoms. The van der Waals surface area contributed by atoms with Gasteiger partial charge in [-0.2, -0.15) is 5.10 Å². The summed E-state index contributed by atoms with van der Waals surface area (Å²) in [7, 11) is 0. The van der Waals surface area contributed by atoms with Crippen molar-refractivity contribution in [3.63, 3.8) is 0 Å². The van der Waals surface area contributed by atoms with Gasteiger partial charge in [0.25, 0.3) is 5.88 Å². The van der Waals surface area contributed by atoms with Crippen molar-refractivity contribution < 1.29 is 14.8 Å². The molecule has 100 valence electrons. The zero-order chi connectivity index (χ0) is 14.0. The minimum absolute atomic E-state index is 0.0199. The number of hydrogen-bond donors (Lipinski definition) is 1. The Morgan fingerprint density at radius 1 is 1.47 bits per heavy atom. The Labute approximate surface area is 109 Å². The third-order valence-electron chi connectivity index (χ3n) is 2.60. The topological polar surface area (TPSA) is 90.4 Å². The molecule has 0 spiro atoms. The molecule has 0 aliphatic heterocycles. The molecule has 2 aromatic rings. The largest absolute Gasteiger partial charge is 0.504 e. The Morgan fingerprint density at radius 3 is 2.74 bits per heavy atom. The summed E-state index contributed by atoms with van der Waals surface area (Å²) < 4.78 is 6.84. The number of aryl methyl sites for hydroxylation is 2. The first kappa shape index (κ1) is 12.9. The third kappa shape index (κ3) is 2.35. The number of ether oxygens (including phenoxy) is 1. The summed E-state index contributed by atoms with van der Waals surface area (Å²) in [5.74, 6) is 0.0880. The summed E-state index contributed by atoms with van der Waals surface area (Å²) in [5.41, 5.74) is 0.0855. The van der Waals surface area contributed by atoms with Crippen LogP contribution in [-0.4, -0.2) is 19.8 Å². The molecule has 1 heterocycles. The first-order valence-electron chi connectivity index (χ1n) is 5.72. The van der Waals surface area contributed by atoms with Gasteiger partial charge in [0.05, 0.1) is 4.92 Å². The van der Waals surface area contributed by atoms with Crippen LogP contribution in [0, 0.1) is 17.0 Å². The predicted molar refractivity (Wildman–Crippen MR) is 67.5 cm³/mol. The SMILES string of the molecule is CCn1nc(C)c([N+](=O)[O-])c1Oc1ccccc1O. The van der Waals surface area contributed by atoms with E-state index in [2.05, 4.69) is 5.10 Å². The molecule has 1 aromatic heterocycles. The smallest absolute Gasteiger partial charge is 0.353 e. The molecule has 7 nitrogen and oxygen atoms in total. The summed E-state index contributed by atoms with van der Waals surface area (Å²) >= 11 is 0. The number of nitro groups is 1. The van der Waals surface area contributed by atoms with Crippen molar-refractivity contribution in [2.75, 3.05) is 0 Å². The van der Waals surface area contributed by atoms with E-state index in [1.165, 1.54) is 16.8 Å². The molecule has 0 saturated carbocycles. The van der Waals surface area contributed by atoms with Crippen molar-refractivity contribution in [1.29, 1.82) is 0 Å². The molecule has 19 heavy (non-hydrogen) atoms. The molecule has 0 bridgehead atoms. The number of nitrogens with zero attached hydrogens (tertiary/aromatic N) is 3. The Bertz CT molecular complexity index is 621. The highest BCUT2D eigenvalue weighted by Crippen LogP contribution is 2.37. The van der Waals surface area contributed by atoms with E-state index in [9.17, 15) is 15.2 Å². The van der Waals surface area contributed by atoms with E-state index in [4.69, 9.17) is 4.74 Å². The van der Waals surface area contributed by atoms with Crippen LogP contribution >= 0.6 is 0 Å². The number of phenolic OH excluding ortho intramolecular Hbond substituents is 1. The van der Waals surface area contributed by atoms with Crippen molar-refractivity contribution in [2.24, 2.45) is 0 Å². The van der Waals surface area contributed by atoms with Crippen LogP contribution in [0.4, 0.5) is 5.69 Å². The van der Waals surface area contributed by atoms with Crippen LogP contribution < -0.4 is 4.74 Å². The van der Waals surface area contributed by atoms with E-state index in [1.807, 2.05) is 0 Å². The Morgan fingerprint density at radius 2 is 2.16 bits per heavy atom. The first-order chi connectivity index (χ1) is 9.04. The average molecular weight is 263 g/mol. The van der Waals surface area contributed by atoms with Gasteiger partial charge in [-0.1, -0.05) is 12.1 Å². The summed E-state index contributed by atoms with van der Waals surface area (Å²) in [6.07, 6.45) is 0. The van der Waals surface area contributed by atoms with E-state index in [-0.39, 0.29) is 28.8 Å². The fraction of sp³-hybridized carbons (Fsp3) is 0.250. The Hall–Kier alpha value is -2.57. The maximum Gasteiger partial charge on any atom is 0.353 e. The maximum absolute atomic E-state index is 11.1. The quantitative estimate of drug-likeness (QED) is 0.676. The fourth-order valence-electron chi connectivity index (χ4n) is 1.72. The molecule has 0 unspecified atom stereocenters. The van der Waals surface area contributed by atoms with Gasteiger partial charge < -0.3 is 9.84 Å². The van der Waals surface area contributed by atoms with Crippen LogP contribution in [0.5, 0.6) is 17.4 Å². The van der Waals surface area contributed by atoms with Gasteiger partial charge in [-0.25, -0.2) is 4.68 Å². The van der Waals surface area contributed by atoms with Crippen LogP contribution in [0.3, 0.4) is 0 Å².